The third kappa shape index (κ3) is 5.41. The van der Waals surface area contributed by atoms with Crippen LogP contribution in [-0.4, -0.2) is 26.1 Å². The molecule has 0 radical (unpaired) electrons. The summed E-state index contributed by atoms with van der Waals surface area (Å²) in [7, 11) is -3.85. The number of hydrogen-bond acceptors (Lipinski definition) is 5. The van der Waals surface area contributed by atoms with Gasteiger partial charge < -0.3 is 5.43 Å². The van der Waals surface area contributed by atoms with Crippen molar-refractivity contribution in [3.05, 3.63) is 18.3 Å². The zero-order valence-corrected chi connectivity index (χ0v) is 10.6. The van der Waals surface area contributed by atoms with Crippen molar-refractivity contribution in [1.29, 1.82) is 0 Å². The lowest BCUT2D eigenvalue weighted by molar-refractivity contribution is -0.135. The molecule has 0 bridgehead atoms. The Balaban J connectivity index is 2.56. The van der Waals surface area contributed by atoms with Crippen molar-refractivity contribution in [1.82, 2.24) is 9.71 Å². The lowest BCUT2D eigenvalue weighted by Gasteiger charge is -2.08. The van der Waals surface area contributed by atoms with Crippen LogP contribution < -0.4 is 16.0 Å². The smallest absolute Gasteiger partial charge is 0.308 e. The molecule has 0 aliphatic heterocycles. The molecular weight excluding hydrogens is 285 g/mol. The second-order valence-corrected chi connectivity index (χ2v) is 5.41. The van der Waals surface area contributed by atoms with Gasteiger partial charge in [-0.25, -0.2) is 24.0 Å². The predicted octanol–water partition coefficient (Wildman–Crippen LogP) is 0.988. The second-order valence-electron chi connectivity index (χ2n) is 3.64. The van der Waals surface area contributed by atoms with Crippen molar-refractivity contribution >= 4 is 15.8 Å². The molecule has 10 heteroatoms. The topological polar surface area (TPSA) is 97.1 Å². The van der Waals surface area contributed by atoms with Crippen molar-refractivity contribution in [3.63, 3.8) is 0 Å². The minimum atomic E-state index is -4.29. The van der Waals surface area contributed by atoms with Crippen LogP contribution in [0.3, 0.4) is 0 Å². The largest absolute Gasteiger partial charge is 0.389 e. The minimum absolute atomic E-state index is 0.140. The van der Waals surface area contributed by atoms with E-state index in [0.717, 1.165) is 6.20 Å². The Labute approximate surface area is 108 Å². The summed E-state index contributed by atoms with van der Waals surface area (Å²) in [6, 6.07) is 2.58. The van der Waals surface area contributed by atoms with Crippen molar-refractivity contribution in [3.8, 4) is 0 Å². The van der Waals surface area contributed by atoms with Gasteiger partial charge in [-0.2, -0.15) is 13.2 Å². The fraction of sp³-hybridized carbons (Fsp3) is 0.444. The van der Waals surface area contributed by atoms with Gasteiger partial charge in [-0.3, -0.25) is 0 Å². The second kappa shape index (κ2) is 6.17. The van der Waals surface area contributed by atoms with E-state index >= 15 is 0 Å². The van der Waals surface area contributed by atoms with Crippen LogP contribution in [-0.2, 0) is 10.0 Å². The average molecular weight is 298 g/mol. The first-order valence-corrected chi connectivity index (χ1v) is 6.72. The summed E-state index contributed by atoms with van der Waals surface area (Å²) < 4.78 is 61.0. The number of nitrogen functional groups attached to an aromatic ring is 1. The number of nitrogens with two attached hydrogens (primary N) is 1. The average Bonchev–Trinajstić information content (AvgIpc) is 2.34. The predicted molar refractivity (Wildman–Crippen MR) is 62.5 cm³/mol. The summed E-state index contributed by atoms with van der Waals surface area (Å²) >= 11 is 0. The molecule has 0 atom stereocenters. The van der Waals surface area contributed by atoms with E-state index in [1.807, 2.05) is 0 Å². The fourth-order valence-corrected chi connectivity index (χ4v) is 2.22. The standard InChI is InChI=1S/C9H13F3N4O2S/c10-9(11,12)4-1-5-15-19(17,18)7-2-3-8(16-13)14-6-7/h2-3,6,15H,1,4-5,13H2,(H,14,16). The summed E-state index contributed by atoms with van der Waals surface area (Å²) in [4.78, 5) is 3.56. The van der Waals surface area contributed by atoms with E-state index in [1.54, 1.807) is 0 Å². The molecule has 4 N–H and O–H groups in total. The van der Waals surface area contributed by atoms with Crippen LogP contribution in [0.5, 0.6) is 0 Å². The van der Waals surface area contributed by atoms with Crippen LogP contribution in [0.2, 0.25) is 0 Å². The van der Waals surface area contributed by atoms with Gasteiger partial charge in [0.2, 0.25) is 10.0 Å². The van der Waals surface area contributed by atoms with E-state index in [2.05, 4.69) is 15.1 Å². The number of alkyl halides is 3. The van der Waals surface area contributed by atoms with Gasteiger partial charge in [0.1, 0.15) is 10.7 Å². The third-order valence-electron chi connectivity index (χ3n) is 2.12. The molecule has 0 fully saturated rings. The van der Waals surface area contributed by atoms with Crippen LogP contribution >= 0.6 is 0 Å². The van der Waals surface area contributed by atoms with Crippen LogP contribution in [0.25, 0.3) is 0 Å². The van der Waals surface area contributed by atoms with Gasteiger partial charge in [0, 0.05) is 19.2 Å². The zero-order valence-electron chi connectivity index (χ0n) is 9.74. The van der Waals surface area contributed by atoms with Gasteiger partial charge in [-0.05, 0) is 18.6 Å². The fourth-order valence-electron chi connectivity index (χ4n) is 1.20. The molecule has 1 aromatic heterocycles. The van der Waals surface area contributed by atoms with Gasteiger partial charge >= 0.3 is 6.18 Å². The lowest BCUT2D eigenvalue weighted by atomic mass is 10.3. The van der Waals surface area contributed by atoms with E-state index in [0.29, 0.717) is 0 Å². The molecule has 0 unspecified atom stereocenters. The molecule has 0 aliphatic carbocycles. The summed E-state index contributed by atoms with van der Waals surface area (Å²) in [6.07, 6.45) is -4.59. The minimum Gasteiger partial charge on any atom is -0.308 e. The Kier molecular flexibility index (Phi) is 5.09. The van der Waals surface area contributed by atoms with Crippen molar-refractivity contribution in [2.75, 3.05) is 12.0 Å². The third-order valence-corrected chi connectivity index (χ3v) is 3.57. The Morgan fingerprint density at radius 1 is 1.32 bits per heavy atom. The van der Waals surface area contributed by atoms with E-state index in [4.69, 9.17) is 5.84 Å². The Bertz CT molecular complexity index is 501. The van der Waals surface area contributed by atoms with E-state index < -0.39 is 22.6 Å². The number of hydrazine groups is 1. The molecule has 19 heavy (non-hydrogen) atoms. The summed E-state index contributed by atoms with van der Waals surface area (Å²) in [5, 5.41) is 0. The number of nitrogens with one attached hydrogen (secondary N) is 2. The number of hydrogen-bond donors (Lipinski definition) is 3. The Morgan fingerprint density at radius 3 is 2.47 bits per heavy atom. The quantitative estimate of drug-likeness (QED) is 0.413. The Morgan fingerprint density at radius 2 is 2.00 bits per heavy atom. The van der Waals surface area contributed by atoms with Gasteiger partial charge in [0.15, 0.2) is 0 Å². The number of aromatic nitrogens is 1. The molecule has 1 aromatic rings. The van der Waals surface area contributed by atoms with Gasteiger partial charge in [-0.1, -0.05) is 0 Å². The summed E-state index contributed by atoms with van der Waals surface area (Å²) in [5.74, 6) is 5.34. The maximum atomic E-state index is 11.9. The van der Waals surface area contributed by atoms with Crippen LogP contribution in [0, 0.1) is 0 Å². The molecule has 0 spiro atoms. The molecule has 0 saturated heterocycles. The highest BCUT2D eigenvalue weighted by atomic mass is 32.2. The summed E-state index contributed by atoms with van der Waals surface area (Å²) in [5.41, 5.74) is 2.22. The van der Waals surface area contributed by atoms with Gasteiger partial charge in [0.05, 0.1) is 0 Å². The van der Waals surface area contributed by atoms with E-state index in [9.17, 15) is 21.6 Å². The van der Waals surface area contributed by atoms with Gasteiger partial charge in [-0.15, -0.1) is 0 Å². The van der Waals surface area contributed by atoms with E-state index in [1.165, 1.54) is 12.1 Å². The Hall–Kier alpha value is -1.39. The number of pyridine rings is 1. The highest BCUT2D eigenvalue weighted by Crippen LogP contribution is 2.20. The lowest BCUT2D eigenvalue weighted by Crippen LogP contribution is -2.26. The maximum absolute atomic E-state index is 11.9. The molecule has 0 amide bonds. The normalized spacial score (nSPS) is 12.4. The zero-order chi connectivity index (χ0) is 14.5. The molecule has 0 aliphatic rings. The van der Waals surface area contributed by atoms with Crippen molar-refractivity contribution in [2.45, 2.75) is 23.9 Å². The first-order chi connectivity index (χ1) is 8.74. The number of sulfonamides is 1. The molecule has 6 nitrogen and oxygen atoms in total. The monoisotopic (exact) mass is 298 g/mol. The number of nitrogens with zero attached hydrogens (tertiary/aromatic N) is 1. The maximum Gasteiger partial charge on any atom is 0.389 e. The van der Waals surface area contributed by atoms with Crippen LogP contribution in [0.1, 0.15) is 12.8 Å². The van der Waals surface area contributed by atoms with Gasteiger partial charge in [0.25, 0.3) is 0 Å². The number of anilines is 1. The number of rotatable bonds is 6. The highest BCUT2D eigenvalue weighted by Gasteiger charge is 2.26. The highest BCUT2D eigenvalue weighted by molar-refractivity contribution is 7.89. The number of halogens is 3. The first-order valence-electron chi connectivity index (χ1n) is 5.24. The molecule has 0 saturated carbocycles. The van der Waals surface area contributed by atoms with Crippen LogP contribution in [0.15, 0.2) is 23.2 Å². The SMILES string of the molecule is NNc1ccc(S(=O)(=O)NCCCC(F)(F)F)cn1. The van der Waals surface area contributed by atoms with Crippen molar-refractivity contribution in [2.24, 2.45) is 5.84 Å². The molecule has 1 rings (SSSR count). The molecular formula is C9H13F3N4O2S. The molecule has 108 valence electrons. The van der Waals surface area contributed by atoms with Crippen molar-refractivity contribution < 1.29 is 21.6 Å². The van der Waals surface area contributed by atoms with Crippen LogP contribution in [0.4, 0.5) is 19.0 Å². The van der Waals surface area contributed by atoms with E-state index in [-0.39, 0.29) is 23.7 Å². The molecule has 0 aromatic carbocycles. The first kappa shape index (κ1) is 15.7. The molecule has 1 heterocycles. The summed E-state index contributed by atoms with van der Waals surface area (Å²) in [6.45, 7) is -0.293.